The van der Waals surface area contributed by atoms with E-state index in [0.717, 1.165) is 11.3 Å². The molecule has 0 fully saturated rings. The molecule has 1 unspecified atom stereocenters. The van der Waals surface area contributed by atoms with E-state index in [4.69, 9.17) is 10.5 Å². The summed E-state index contributed by atoms with van der Waals surface area (Å²) in [4.78, 5) is 0. The number of rotatable bonds is 3. The van der Waals surface area contributed by atoms with E-state index in [1.807, 2.05) is 24.3 Å². The van der Waals surface area contributed by atoms with Crippen molar-refractivity contribution in [1.82, 2.24) is 0 Å². The second-order valence-electron chi connectivity index (χ2n) is 4.61. The number of nitrogens with two attached hydrogens (primary N) is 1. The molecule has 94 valence electrons. The highest BCUT2D eigenvalue weighted by Crippen LogP contribution is 2.24. The Morgan fingerprint density at radius 1 is 1.00 bits per heavy atom. The second-order valence-corrected chi connectivity index (χ2v) is 4.61. The summed E-state index contributed by atoms with van der Waals surface area (Å²) in [5, 5.41) is 0. The molecule has 0 saturated heterocycles. The molecule has 2 N–H and O–H groups in total. The fourth-order valence-electron chi connectivity index (χ4n) is 2.17. The summed E-state index contributed by atoms with van der Waals surface area (Å²) >= 11 is 0. The van der Waals surface area contributed by atoms with Crippen LogP contribution < -0.4 is 10.5 Å². The molecule has 2 rings (SSSR count). The van der Waals surface area contributed by atoms with Gasteiger partial charge in [-0.15, -0.1) is 0 Å². The lowest BCUT2D eigenvalue weighted by Crippen LogP contribution is -2.13. The average Bonchev–Trinajstić information content (AvgIpc) is 2.38. The molecule has 0 spiro atoms. The van der Waals surface area contributed by atoms with E-state index in [1.165, 1.54) is 16.7 Å². The van der Waals surface area contributed by atoms with Gasteiger partial charge in [-0.25, -0.2) is 0 Å². The highest BCUT2D eigenvalue weighted by Gasteiger charge is 2.11. The highest BCUT2D eigenvalue weighted by molar-refractivity contribution is 5.40. The van der Waals surface area contributed by atoms with Gasteiger partial charge in [-0.3, -0.25) is 0 Å². The third-order valence-electron chi connectivity index (χ3n) is 3.24. The Labute approximate surface area is 108 Å². The molecular weight excluding hydrogens is 222 g/mol. The van der Waals surface area contributed by atoms with Crippen LogP contribution in [0.25, 0.3) is 0 Å². The Kier molecular flexibility index (Phi) is 3.68. The van der Waals surface area contributed by atoms with Gasteiger partial charge in [-0.2, -0.15) is 0 Å². The van der Waals surface area contributed by atoms with Gasteiger partial charge in [0.05, 0.1) is 13.2 Å². The smallest absolute Gasteiger partial charge is 0.118 e. The van der Waals surface area contributed by atoms with Crippen molar-refractivity contribution in [2.75, 3.05) is 7.11 Å². The summed E-state index contributed by atoms with van der Waals surface area (Å²) in [6.07, 6.45) is 0. The van der Waals surface area contributed by atoms with Crippen molar-refractivity contribution in [2.45, 2.75) is 19.9 Å². The van der Waals surface area contributed by atoms with E-state index in [9.17, 15) is 0 Å². The predicted molar refractivity (Wildman–Crippen MR) is 74.9 cm³/mol. The van der Waals surface area contributed by atoms with E-state index in [1.54, 1.807) is 7.11 Å². The Hall–Kier alpha value is -1.80. The molecule has 2 aromatic carbocycles. The summed E-state index contributed by atoms with van der Waals surface area (Å²) in [6, 6.07) is 14.2. The lowest BCUT2D eigenvalue weighted by atomic mass is 9.94. The van der Waals surface area contributed by atoms with Crippen molar-refractivity contribution in [3.8, 4) is 5.75 Å². The molecular formula is C16H19NO. The maximum Gasteiger partial charge on any atom is 0.118 e. The van der Waals surface area contributed by atoms with Crippen LogP contribution in [0.4, 0.5) is 0 Å². The molecule has 1 atom stereocenters. The topological polar surface area (TPSA) is 35.2 Å². The quantitative estimate of drug-likeness (QED) is 0.894. The zero-order valence-electron chi connectivity index (χ0n) is 11.1. The van der Waals surface area contributed by atoms with Gasteiger partial charge in [-0.1, -0.05) is 35.9 Å². The first-order valence-corrected chi connectivity index (χ1v) is 6.08. The molecule has 0 aliphatic rings. The summed E-state index contributed by atoms with van der Waals surface area (Å²) in [7, 11) is 1.67. The van der Waals surface area contributed by atoms with Gasteiger partial charge in [0.1, 0.15) is 5.75 Å². The molecule has 2 heteroatoms. The average molecular weight is 241 g/mol. The van der Waals surface area contributed by atoms with Crippen LogP contribution >= 0.6 is 0 Å². The summed E-state index contributed by atoms with van der Waals surface area (Å²) < 4.78 is 5.15. The zero-order valence-corrected chi connectivity index (χ0v) is 11.1. The van der Waals surface area contributed by atoms with E-state index >= 15 is 0 Å². The second kappa shape index (κ2) is 5.23. The molecule has 2 aromatic rings. The number of methoxy groups -OCH3 is 1. The van der Waals surface area contributed by atoms with Crippen LogP contribution in [-0.4, -0.2) is 7.11 Å². The Morgan fingerprint density at radius 3 is 2.22 bits per heavy atom. The van der Waals surface area contributed by atoms with Gasteiger partial charge >= 0.3 is 0 Å². The monoisotopic (exact) mass is 241 g/mol. The number of benzene rings is 2. The maximum atomic E-state index is 6.32. The molecule has 0 aliphatic carbocycles. The highest BCUT2D eigenvalue weighted by atomic mass is 16.5. The van der Waals surface area contributed by atoms with Crippen LogP contribution in [0.2, 0.25) is 0 Å². The molecule has 0 amide bonds. The summed E-state index contributed by atoms with van der Waals surface area (Å²) in [6.45, 7) is 4.20. The fraction of sp³-hybridized carbons (Fsp3) is 0.250. The first kappa shape index (κ1) is 12.7. The van der Waals surface area contributed by atoms with Crippen LogP contribution in [0.5, 0.6) is 5.75 Å². The third-order valence-corrected chi connectivity index (χ3v) is 3.24. The minimum atomic E-state index is -0.0866. The van der Waals surface area contributed by atoms with Crippen molar-refractivity contribution >= 4 is 0 Å². The van der Waals surface area contributed by atoms with Crippen molar-refractivity contribution in [2.24, 2.45) is 5.73 Å². The van der Waals surface area contributed by atoms with Gasteiger partial charge in [0.15, 0.2) is 0 Å². The molecule has 0 heterocycles. The Bertz CT molecular complexity index is 531. The van der Waals surface area contributed by atoms with Crippen molar-refractivity contribution < 1.29 is 4.74 Å². The van der Waals surface area contributed by atoms with Crippen molar-refractivity contribution in [1.29, 1.82) is 0 Å². The lowest BCUT2D eigenvalue weighted by Gasteiger charge is -2.16. The standard InChI is InChI=1S/C16H19NO/c1-11-4-9-15(12(2)10-11)16(17)13-5-7-14(18-3)8-6-13/h4-10,16H,17H2,1-3H3. The summed E-state index contributed by atoms with van der Waals surface area (Å²) in [5.41, 5.74) is 11.1. The van der Waals surface area contributed by atoms with Crippen LogP contribution in [0.3, 0.4) is 0 Å². The minimum Gasteiger partial charge on any atom is -0.497 e. The van der Waals surface area contributed by atoms with E-state index < -0.39 is 0 Å². The van der Waals surface area contributed by atoms with Gasteiger partial charge in [0, 0.05) is 0 Å². The van der Waals surface area contributed by atoms with Crippen molar-refractivity contribution in [3.05, 3.63) is 64.7 Å². The number of ether oxygens (including phenoxy) is 1. The first-order chi connectivity index (χ1) is 8.61. The number of hydrogen-bond acceptors (Lipinski definition) is 2. The van der Waals surface area contributed by atoms with Crippen LogP contribution in [0.1, 0.15) is 28.3 Å². The third kappa shape index (κ3) is 2.54. The van der Waals surface area contributed by atoms with Gasteiger partial charge < -0.3 is 10.5 Å². The number of hydrogen-bond donors (Lipinski definition) is 1. The van der Waals surface area contributed by atoms with Gasteiger partial charge in [-0.05, 0) is 42.7 Å². The fourth-order valence-corrected chi connectivity index (χ4v) is 2.17. The molecule has 18 heavy (non-hydrogen) atoms. The maximum absolute atomic E-state index is 6.32. The van der Waals surface area contributed by atoms with Crippen LogP contribution in [-0.2, 0) is 0 Å². The van der Waals surface area contributed by atoms with Crippen molar-refractivity contribution in [3.63, 3.8) is 0 Å². The van der Waals surface area contributed by atoms with E-state index in [0.29, 0.717) is 0 Å². The van der Waals surface area contributed by atoms with Crippen LogP contribution in [0, 0.1) is 13.8 Å². The molecule has 0 saturated carbocycles. The largest absolute Gasteiger partial charge is 0.497 e. The lowest BCUT2D eigenvalue weighted by molar-refractivity contribution is 0.414. The molecule has 0 aliphatic heterocycles. The Balaban J connectivity index is 2.31. The van der Waals surface area contributed by atoms with E-state index in [-0.39, 0.29) is 6.04 Å². The van der Waals surface area contributed by atoms with Gasteiger partial charge in [0.2, 0.25) is 0 Å². The Morgan fingerprint density at radius 2 is 1.67 bits per heavy atom. The normalized spacial score (nSPS) is 12.2. The van der Waals surface area contributed by atoms with Gasteiger partial charge in [0.25, 0.3) is 0 Å². The molecule has 0 aromatic heterocycles. The van der Waals surface area contributed by atoms with Crippen LogP contribution in [0.15, 0.2) is 42.5 Å². The molecule has 0 bridgehead atoms. The molecule has 0 radical (unpaired) electrons. The summed E-state index contributed by atoms with van der Waals surface area (Å²) in [5.74, 6) is 0.853. The molecule has 2 nitrogen and oxygen atoms in total. The van der Waals surface area contributed by atoms with E-state index in [2.05, 4.69) is 32.0 Å². The zero-order chi connectivity index (χ0) is 13.1. The predicted octanol–water partition coefficient (Wildman–Crippen LogP) is 3.36. The first-order valence-electron chi connectivity index (χ1n) is 6.08. The minimum absolute atomic E-state index is 0.0866. The SMILES string of the molecule is COc1ccc(C(N)c2ccc(C)cc2C)cc1. The number of aryl methyl sites for hydroxylation is 2.